The molecule has 0 fully saturated rings. The first-order valence-electron chi connectivity index (χ1n) is 5.61. The lowest BCUT2D eigenvalue weighted by molar-refractivity contribution is -0.384. The largest absolute Gasteiger partial charge is 0.508 e. The van der Waals surface area contributed by atoms with Crippen molar-refractivity contribution in [2.45, 2.75) is 0 Å². The van der Waals surface area contributed by atoms with Crippen molar-refractivity contribution in [1.82, 2.24) is 0 Å². The highest BCUT2D eigenvalue weighted by Gasteiger charge is 2.17. The van der Waals surface area contributed by atoms with E-state index in [2.05, 4.69) is 37.2 Å². The number of carbonyl (C=O) groups is 1. The van der Waals surface area contributed by atoms with Gasteiger partial charge in [-0.25, -0.2) is 0 Å². The average molecular weight is 416 g/mol. The number of nitro benzene ring substituents is 1. The van der Waals surface area contributed by atoms with Gasteiger partial charge in [0.25, 0.3) is 11.6 Å². The van der Waals surface area contributed by atoms with E-state index in [-0.39, 0.29) is 17.1 Å². The van der Waals surface area contributed by atoms with Gasteiger partial charge in [-0.1, -0.05) is 31.9 Å². The molecule has 2 rings (SSSR count). The summed E-state index contributed by atoms with van der Waals surface area (Å²) in [7, 11) is 0. The van der Waals surface area contributed by atoms with Gasteiger partial charge in [0.05, 0.1) is 11.0 Å². The van der Waals surface area contributed by atoms with Gasteiger partial charge in [-0.2, -0.15) is 0 Å². The molecule has 0 unspecified atom stereocenters. The Bertz CT molecular complexity index is 714. The highest BCUT2D eigenvalue weighted by Crippen LogP contribution is 2.29. The van der Waals surface area contributed by atoms with Gasteiger partial charge in [-0.3, -0.25) is 14.9 Å². The van der Waals surface area contributed by atoms with Crippen LogP contribution in [-0.2, 0) is 0 Å². The van der Waals surface area contributed by atoms with E-state index in [1.165, 1.54) is 12.1 Å². The van der Waals surface area contributed by atoms with Gasteiger partial charge in [-0.15, -0.1) is 0 Å². The predicted octanol–water partition coefficient (Wildman–Crippen LogP) is 4.08. The van der Waals surface area contributed by atoms with E-state index in [1.54, 1.807) is 18.2 Å². The molecule has 0 bridgehead atoms. The first kappa shape index (κ1) is 15.5. The number of phenolic OH excluding ortho intramolecular Hbond substituents is 1. The molecule has 108 valence electrons. The molecule has 0 aromatic heterocycles. The summed E-state index contributed by atoms with van der Waals surface area (Å²) in [5.74, 6) is -0.740. The summed E-state index contributed by atoms with van der Waals surface area (Å²) >= 11 is 6.53. The van der Waals surface area contributed by atoms with E-state index in [1.807, 2.05) is 0 Å². The number of nitrogens with zero attached hydrogens (tertiary/aromatic N) is 1. The molecule has 6 nitrogen and oxygen atoms in total. The number of nitro groups is 1. The maximum absolute atomic E-state index is 12.1. The molecule has 0 saturated heterocycles. The molecule has 1 amide bonds. The standard InChI is InChI=1S/C13H8Br2N2O4/c14-8-3-7(4-9(15)5-8)13(19)16-11-2-1-10(18)6-12(11)17(20)21/h1-6,18H,(H,16,19). The van der Waals surface area contributed by atoms with Gasteiger partial charge in [-0.05, 0) is 30.3 Å². The molecule has 0 radical (unpaired) electrons. The molecule has 0 aliphatic carbocycles. The summed E-state index contributed by atoms with van der Waals surface area (Å²) in [5.41, 5.74) is -0.0325. The molecule has 0 atom stereocenters. The number of anilines is 1. The van der Waals surface area contributed by atoms with E-state index in [4.69, 9.17) is 0 Å². The van der Waals surface area contributed by atoms with Crippen molar-refractivity contribution in [3.63, 3.8) is 0 Å². The predicted molar refractivity (Wildman–Crippen MR) is 84.6 cm³/mol. The maximum Gasteiger partial charge on any atom is 0.296 e. The van der Waals surface area contributed by atoms with Crippen molar-refractivity contribution in [2.75, 3.05) is 5.32 Å². The molecule has 0 heterocycles. The molecule has 0 aliphatic heterocycles. The van der Waals surface area contributed by atoms with Crippen molar-refractivity contribution in [2.24, 2.45) is 0 Å². The first-order chi connectivity index (χ1) is 9.86. The molecule has 0 aliphatic rings. The van der Waals surface area contributed by atoms with E-state index in [9.17, 15) is 20.0 Å². The van der Waals surface area contributed by atoms with Crippen LogP contribution in [0.1, 0.15) is 10.4 Å². The summed E-state index contributed by atoms with van der Waals surface area (Å²) in [5, 5.41) is 22.7. The lowest BCUT2D eigenvalue weighted by atomic mass is 10.2. The number of halogens is 2. The Kier molecular flexibility index (Phi) is 4.59. The van der Waals surface area contributed by atoms with E-state index in [0.29, 0.717) is 14.5 Å². The fourth-order valence-corrected chi connectivity index (χ4v) is 2.95. The zero-order valence-corrected chi connectivity index (χ0v) is 13.5. The van der Waals surface area contributed by atoms with Crippen LogP contribution in [0.4, 0.5) is 11.4 Å². The number of hydrogen-bond donors (Lipinski definition) is 2. The lowest BCUT2D eigenvalue weighted by Crippen LogP contribution is -2.13. The van der Waals surface area contributed by atoms with Crippen molar-refractivity contribution in [1.29, 1.82) is 0 Å². The minimum absolute atomic E-state index is 0.0129. The Hall–Kier alpha value is -1.93. The lowest BCUT2D eigenvalue weighted by Gasteiger charge is -2.07. The van der Waals surface area contributed by atoms with Crippen molar-refractivity contribution in [3.05, 3.63) is 61.0 Å². The van der Waals surface area contributed by atoms with Crippen LogP contribution in [0.25, 0.3) is 0 Å². The number of aromatic hydroxyl groups is 1. The van der Waals surface area contributed by atoms with Gasteiger partial charge >= 0.3 is 0 Å². The minimum atomic E-state index is -0.674. The van der Waals surface area contributed by atoms with Crippen molar-refractivity contribution >= 4 is 49.1 Å². The van der Waals surface area contributed by atoms with Crippen LogP contribution in [0.2, 0.25) is 0 Å². The number of benzene rings is 2. The van der Waals surface area contributed by atoms with E-state index >= 15 is 0 Å². The SMILES string of the molecule is O=C(Nc1ccc(O)cc1[N+](=O)[O-])c1cc(Br)cc(Br)c1. The van der Waals surface area contributed by atoms with Crippen LogP contribution in [0.3, 0.4) is 0 Å². The smallest absolute Gasteiger partial charge is 0.296 e. The number of amides is 1. The van der Waals surface area contributed by atoms with Gasteiger partial charge in [0.15, 0.2) is 0 Å². The van der Waals surface area contributed by atoms with E-state index in [0.717, 1.165) is 6.07 Å². The third-order valence-electron chi connectivity index (χ3n) is 2.55. The summed E-state index contributed by atoms with van der Waals surface area (Å²) in [6.45, 7) is 0. The molecule has 2 aromatic carbocycles. The molecular formula is C13H8Br2N2O4. The van der Waals surface area contributed by atoms with Crippen LogP contribution in [0.5, 0.6) is 5.75 Å². The summed E-state index contributed by atoms with van der Waals surface area (Å²) in [4.78, 5) is 22.4. The number of hydrogen-bond acceptors (Lipinski definition) is 4. The summed E-state index contributed by atoms with van der Waals surface area (Å²) < 4.78 is 1.39. The second kappa shape index (κ2) is 6.23. The Morgan fingerprint density at radius 1 is 1.14 bits per heavy atom. The maximum atomic E-state index is 12.1. The molecule has 0 saturated carbocycles. The topological polar surface area (TPSA) is 92.5 Å². The summed E-state index contributed by atoms with van der Waals surface area (Å²) in [6, 6.07) is 8.46. The summed E-state index contributed by atoms with van der Waals surface area (Å²) in [6.07, 6.45) is 0. The Morgan fingerprint density at radius 2 is 1.76 bits per heavy atom. The highest BCUT2D eigenvalue weighted by atomic mass is 79.9. The fourth-order valence-electron chi connectivity index (χ4n) is 1.66. The molecule has 21 heavy (non-hydrogen) atoms. The highest BCUT2D eigenvalue weighted by molar-refractivity contribution is 9.11. The van der Waals surface area contributed by atoms with Gasteiger partial charge < -0.3 is 10.4 Å². The average Bonchev–Trinajstić information content (AvgIpc) is 2.39. The zero-order chi connectivity index (χ0) is 15.6. The first-order valence-corrected chi connectivity index (χ1v) is 7.20. The van der Waals surface area contributed by atoms with Crippen LogP contribution >= 0.6 is 31.9 Å². The normalized spacial score (nSPS) is 10.2. The van der Waals surface area contributed by atoms with Gasteiger partial charge in [0.1, 0.15) is 11.4 Å². The van der Waals surface area contributed by atoms with Crippen LogP contribution in [-0.4, -0.2) is 15.9 Å². The molecule has 0 spiro atoms. The Balaban J connectivity index is 2.33. The number of phenols is 1. The number of rotatable bonds is 3. The number of nitrogens with one attached hydrogen (secondary N) is 1. The monoisotopic (exact) mass is 414 g/mol. The van der Waals surface area contributed by atoms with Crippen LogP contribution in [0.15, 0.2) is 45.3 Å². The van der Waals surface area contributed by atoms with Gasteiger partial charge in [0.2, 0.25) is 0 Å². The third-order valence-corrected chi connectivity index (χ3v) is 3.47. The third kappa shape index (κ3) is 3.79. The van der Waals surface area contributed by atoms with Crippen LogP contribution < -0.4 is 5.32 Å². The molecule has 2 aromatic rings. The van der Waals surface area contributed by atoms with E-state index < -0.39 is 10.8 Å². The van der Waals surface area contributed by atoms with Crippen molar-refractivity contribution in [3.8, 4) is 5.75 Å². The molecule has 2 N–H and O–H groups in total. The van der Waals surface area contributed by atoms with Gasteiger partial charge in [0, 0.05) is 14.5 Å². The quantitative estimate of drug-likeness (QED) is 0.448. The number of carbonyl (C=O) groups excluding carboxylic acids is 1. The molecule has 8 heteroatoms. The van der Waals surface area contributed by atoms with Crippen LogP contribution in [0, 0.1) is 10.1 Å². The van der Waals surface area contributed by atoms with Crippen molar-refractivity contribution < 1.29 is 14.8 Å². The second-order valence-electron chi connectivity index (χ2n) is 4.07. The Morgan fingerprint density at radius 3 is 2.33 bits per heavy atom. The molecular weight excluding hydrogens is 408 g/mol. The Labute approximate surface area is 136 Å². The minimum Gasteiger partial charge on any atom is -0.508 e. The second-order valence-corrected chi connectivity index (χ2v) is 5.90. The zero-order valence-electron chi connectivity index (χ0n) is 10.3. The fraction of sp³-hybridized carbons (Fsp3) is 0.